The minimum absolute atomic E-state index is 0.292. The number of quaternary nitrogens is 1. The molecule has 0 spiro atoms. The number of nitrogens with zero attached hydrogens (tertiary/aromatic N) is 1. The van der Waals surface area contributed by atoms with Crippen LogP contribution in [0.1, 0.15) is 18.1 Å². The maximum absolute atomic E-state index is 11.4. The van der Waals surface area contributed by atoms with Gasteiger partial charge in [-0.1, -0.05) is 36.4 Å². The summed E-state index contributed by atoms with van der Waals surface area (Å²) in [5.74, 6) is 0.342. The maximum atomic E-state index is 11.4. The molecule has 0 fully saturated rings. The van der Waals surface area contributed by atoms with Gasteiger partial charge in [-0.2, -0.15) is 0 Å². The summed E-state index contributed by atoms with van der Waals surface area (Å²) < 4.78 is 6.29. The predicted molar refractivity (Wildman–Crippen MR) is 100 cm³/mol. The van der Waals surface area contributed by atoms with Crippen molar-refractivity contribution < 1.29 is 14.0 Å². The maximum Gasteiger partial charge on any atom is 0.308 e. The largest absolute Gasteiger partial charge is 0.426 e. The summed E-state index contributed by atoms with van der Waals surface area (Å²) in [4.78, 5) is 14.7. The molecule has 4 heteroatoms. The van der Waals surface area contributed by atoms with E-state index >= 15 is 0 Å². The van der Waals surface area contributed by atoms with Gasteiger partial charge in [-0.25, -0.2) is 0 Å². The fraction of sp³-hybridized carbons (Fsp3) is 0.286. The van der Waals surface area contributed by atoms with Crippen molar-refractivity contribution in [3.05, 3.63) is 65.9 Å². The van der Waals surface area contributed by atoms with Crippen LogP contribution in [0.25, 0.3) is 10.9 Å². The average Bonchev–Trinajstić information content (AvgIpc) is 2.97. The number of likely N-dealkylation sites (N-methyl/N-ethyl adjacent to an activating group) is 1. The molecule has 0 aliphatic carbocycles. The Hall–Kier alpha value is -2.59. The van der Waals surface area contributed by atoms with Crippen molar-refractivity contribution in [3.8, 4) is 5.75 Å². The van der Waals surface area contributed by atoms with E-state index in [1.807, 2.05) is 30.5 Å². The molecule has 1 N–H and O–H groups in total. The van der Waals surface area contributed by atoms with Gasteiger partial charge < -0.3 is 14.2 Å². The van der Waals surface area contributed by atoms with Crippen LogP contribution < -0.4 is 4.74 Å². The molecular weight excluding hydrogens is 312 g/mol. The van der Waals surface area contributed by atoms with Crippen LogP contribution in [0.5, 0.6) is 5.75 Å². The molecule has 0 saturated carbocycles. The highest BCUT2D eigenvalue weighted by Gasteiger charge is 2.18. The van der Waals surface area contributed by atoms with E-state index in [0.717, 1.165) is 34.9 Å². The molecule has 0 bridgehead atoms. The Morgan fingerprint density at radius 1 is 1.08 bits per heavy atom. The lowest BCUT2D eigenvalue weighted by molar-refractivity contribution is -0.903. The number of benzene rings is 2. The van der Waals surface area contributed by atoms with Gasteiger partial charge in [-0.15, -0.1) is 0 Å². The summed E-state index contributed by atoms with van der Waals surface area (Å²) >= 11 is 0. The van der Waals surface area contributed by atoms with E-state index in [1.165, 1.54) is 18.1 Å². The van der Waals surface area contributed by atoms with Crippen LogP contribution in [0.2, 0.25) is 0 Å². The zero-order valence-electron chi connectivity index (χ0n) is 15.1. The van der Waals surface area contributed by atoms with Gasteiger partial charge in [0.05, 0.1) is 20.6 Å². The third-order valence-electron chi connectivity index (χ3n) is 4.44. The number of fused-ring (bicyclic) bond motifs is 1. The van der Waals surface area contributed by atoms with Crippen molar-refractivity contribution >= 4 is 16.9 Å². The molecule has 0 radical (unpaired) electrons. The van der Waals surface area contributed by atoms with Crippen molar-refractivity contribution in [2.75, 3.05) is 20.6 Å². The summed E-state index contributed by atoms with van der Waals surface area (Å²) in [6, 6.07) is 16.3. The third-order valence-corrected chi connectivity index (χ3v) is 4.44. The average molecular weight is 337 g/mol. The molecule has 0 unspecified atom stereocenters. The number of hydrogen-bond donors (Lipinski definition) is 1. The van der Waals surface area contributed by atoms with E-state index in [9.17, 15) is 4.79 Å². The van der Waals surface area contributed by atoms with E-state index in [1.54, 1.807) is 0 Å². The second kappa shape index (κ2) is 7.11. The lowest BCUT2D eigenvalue weighted by Crippen LogP contribution is -2.40. The monoisotopic (exact) mass is 337 g/mol. The molecule has 4 nitrogen and oxygen atoms in total. The van der Waals surface area contributed by atoms with Gasteiger partial charge in [-0.3, -0.25) is 4.79 Å². The Labute approximate surface area is 148 Å². The van der Waals surface area contributed by atoms with E-state index in [4.69, 9.17) is 4.74 Å². The number of hydrogen-bond acceptors (Lipinski definition) is 2. The number of nitrogens with one attached hydrogen (secondary N) is 1. The highest BCUT2D eigenvalue weighted by molar-refractivity contribution is 5.91. The van der Waals surface area contributed by atoms with Crippen LogP contribution in [-0.4, -0.2) is 36.1 Å². The van der Waals surface area contributed by atoms with Gasteiger partial charge in [0.2, 0.25) is 0 Å². The molecule has 3 rings (SSSR count). The number of rotatable bonds is 6. The molecule has 0 saturated heterocycles. The first-order valence-corrected chi connectivity index (χ1v) is 8.58. The second-order valence-corrected chi connectivity index (χ2v) is 7.14. The standard InChI is InChI=1S/C21H25N2O2/c1-16(24)25-20-11-7-10-19-21(20)18(14-22-19)12-13-23(2,3)15-17-8-5-4-6-9-17/h4-11,14,22H,12-13,15H2,1-3H3/q+1. The van der Waals surface area contributed by atoms with Crippen LogP contribution in [-0.2, 0) is 17.8 Å². The zero-order valence-corrected chi connectivity index (χ0v) is 15.1. The minimum Gasteiger partial charge on any atom is -0.426 e. The summed E-state index contributed by atoms with van der Waals surface area (Å²) in [6.07, 6.45) is 2.94. The normalized spacial score (nSPS) is 11.6. The van der Waals surface area contributed by atoms with Crippen molar-refractivity contribution in [2.45, 2.75) is 19.9 Å². The summed E-state index contributed by atoms with van der Waals surface area (Å²) in [6.45, 7) is 3.42. The van der Waals surface area contributed by atoms with Crippen molar-refractivity contribution in [1.82, 2.24) is 4.98 Å². The molecule has 0 atom stereocenters. The molecule has 25 heavy (non-hydrogen) atoms. The molecule has 3 aromatic rings. The van der Waals surface area contributed by atoms with Gasteiger partial charge in [0.1, 0.15) is 12.3 Å². The number of carbonyl (C=O) groups is 1. The summed E-state index contributed by atoms with van der Waals surface area (Å²) in [5.41, 5.74) is 3.53. The van der Waals surface area contributed by atoms with Gasteiger partial charge in [0.15, 0.2) is 0 Å². The first kappa shape index (κ1) is 17.2. The SMILES string of the molecule is CC(=O)Oc1cccc2[nH]cc(CC[N+](C)(C)Cc3ccccc3)c12. The quantitative estimate of drug-likeness (QED) is 0.421. The number of esters is 1. The van der Waals surface area contributed by atoms with E-state index in [0.29, 0.717) is 5.75 Å². The Morgan fingerprint density at radius 2 is 1.84 bits per heavy atom. The highest BCUT2D eigenvalue weighted by Crippen LogP contribution is 2.29. The van der Waals surface area contributed by atoms with Crippen LogP contribution in [0.4, 0.5) is 0 Å². The summed E-state index contributed by atoms with van der Waals surface area (Å²) in [5, 5.41) is 1.01. The van der Waals surface area contributed by atoms with Crippen LogP contribution >= 0.6 is 0 Å². The van der Waals surface area contributed by atoms with Crippen LogP contribution in [0.3, 0.4) is 0 Å². The third kappa shape index (κ3) is 4.28. The second-order valence-electron chi connectivity index (χ2n) is 7.14. The highest BCUT2D eigenvalue weighted by atomic mass is 16.5. The molecule has 0 aliphatic heterocycles. The molecule has 0 amide bonds. The Balaban J connectivity index is 1.77. The van der Waals surface area contributed by atoms with E-state index < -0.39 is 0 Å². The van der Waals surface area contributed by atoms with Crippen molar-refractivity contribution in [2.24, 2.45) is 0 Å². The fourth-order valence-corrected chi connectivity index (χ4v) is 3.24. The number of aromatic amines is 1. The molecule has 2 aromatic carbocycles. The first-order valence-electron chi connectivity index (χ1n) is 8.58. The molecule has 1 heterocycles. The molecule has 1 aromatic heterocycles. The number of H-pyrrole nitrogens is 1. The lowest BCUT2D eigenvalue weighted by Gasteiger charge is -2.30. The lowest BCUT2D eigenvalue weighted by atomic mass is 10.1. The summed E-state index contributed by atoms with van der Waals surface area (Å²) in [7, 11) is 4.49. The smallest absolute Gasteiger partial charge is 0.308 e. The number of aromatic nitrogens is 1. The van der Waals surface area contributed by atoms with Crippen molar-refractivity contribution in [1.29, 1.82) is 0 Å². The Morgan fingerprint density at radius 3 is 2.56 bits per heavy atom. The fourth-order valence-electron chi connectivity index (χ4n) is 3.24. The Kier molecular flexibility index (Phi) is 4.91. The molecule has 130 valence electrons. The minimum atomic E-state index is -0.292. The van der Waals surface area contributed by atoms with E-state index in [2.05, 4.69) is 43.3 Å². The van der Waals surface area contributed by atoms with Crippen LogP contribution in [0.15, 0.2) is 54.7 Å². The number of ether oxygens (including phenoxy) is 1. The van der Waals surface area contributed by atoms with Gasteiger partial charge in [0, 0.05) is 36.0 Å². The van der Waals surface area contributed by atoms with E-state index in [-0.39, 0.29) is 5.97 Å². The molecule has 0 aliphatic rings. The van der Waals surface area contributed by atoms with Gasteiger partial charge >= 0.3 is 5.97 Å². The predicted octanol–water partition coefficient (Wildman–Crippen LogP) is 3.91. The molecular formula is C21H25N2O2+. The van der Waals surface area contributed by atoms with Gasteiger partial charge in [-0.05, 0) is 17.7 Å². The first-order chi connectivity index (χ1) is 11.9. The van der Waals surface area contributed by atoms with Crippen LogP contribution in [0, 0.1) is 0 Å². The zero-order chi connectivity index (χ0) is 17.9. The van der Waals surface area contributed by atoms with Gasteiger partial charge in [0.25, 0.3) is 0 Å². The van der Waals surface area contributed by atoms with Crippen molar-refractivity contribution in [3.63, 3.8) is 0 Å². The number of carbonyl (C=O) groups excluding carboxylic acids is 1. The topological polar surface area (TPSA) is 42.1 Å². The Bertz CT molecular complexity index is 866.